The Labute approximate surface area is 207 Å². The van der Waals surface area contributed by atoms with Gasteiger partial charge in [0.25, 0.3) is 0 Å². The van der Waals surface area contributed by atoms with Gasteiger partial charge in [-0.05, 0) is 76.0 Å². The summed E-state index contributed by atoms with van der Waals surface area (Å²) in [5, 5.41) is 14.1. The number of benzene rings is 1. The highest BCUT2D eigenvalue weighted by Crippen LogP contribution is 2.31. The fourth-order valence-electron chi connectivity index (χ4n) is 5.52. The van der Waals surface area contributed by atoms with Crippen molar-refractivity contribution < 1.29 is 9.84 Å². The summed E-state index contributed by atoms with van der Waals surface area (Å²) in [7, 11) is 0. The zero-order chi connectivity index (χ0) is 24.4. The highest BCUT2D eigenvalue weighted by atomic mass is 16.5. The minimum atomic E-state index is 0.231. The number of aromatic nitrogens is 3. The third-order valence-electron chi connectivity index (χ3n) is 7.32. The maximum atomic E-state index is 10.6. The van der Waals surface area contributed by atoms with Gasteiger partial charge in [-0.1, -0.05) is 6.07 Å². The fraction of sp³-hybridized carbons (Fsp3) is 0.556. The summed E-state index contributed by atoms with van der Waals surface area (Å²) in [4.78, 5) is 14.9. The van der Waals surface area contributed by atoms with Crippen LogP contribution in [-0.2, 0) is 11.3 Å². The zero-order valence-electron chi connectivity index (χ0n) is 21.3. The van der Waals surface area contributed by atoms with Gasteiger partial charge in [-0.2, -0.15) is 0 Å². The fourth-order valence-corrected chi connectivity index (χ4v) is 5.52. The van der Waals surface area contributed by atoms with Crippen LogP contribution in [0, 0.1) is 20.8 Å². The average molecular weight is 479 g/mol. The van der Waals surface area contributed by atoms with Gasteiger partial charge in [-0.25, -0.2) is 4.98 Å². The van der Waals surface area contributed by atoms with Crippen molar-refractivity contribution in [2.45, 2.75) is 46.2 Å². The molecule has 0 radical (unpaired) electrons. The van der Waals surface area contributed by atoms with Gasteiger partial charge in [-0.15, -0.1) is 0 Å². The van der Waals surface area contributed by atoms with Crippen LogP contribution in [0.25, 0.3) is 11.0 Å². The third-order valence-corrected chi connectivity index (χ3v) is 7.32. The van der Waals surface area contributed by atoms with E-state index in [0.29, 0.717) is 18.3 Å². The van der Waals surface area contributed by atoms with Gasteiger partial charge < -0.3 is 24.6 Å². The van der Waals surface area contributed by atoms with E-state index < -0.39 is 0 Å². The third kappa shape index (κ3) is 5.29. The Morgan fingerprint density at radius 2 is 1.86 bits per heavy atom. The Kier molecular flexibility index (Phi) is 7.22. The van der Waals surface area contributed by atoms with Gasteiger partial charge in [-0.3, -0.25) is 9.88 Å². The summed E-state index contributed by atoms with van der Waals surface area (Å²) < 4.78 is 7.85. The number of nitrogens with one attached hydrogen (secondary N) is 1. The number of anilines is 1. The summed E-state index contributed by atoms with van der Waals surface area (Å²) in [6, 6.07) is 8.42. The molecule has 8 heteroatoms. The summed E-state index contributed by atoms with van der Waals surface area (Å²) in [6.45, 7) is 14.3. The number of aromatic hydroxyl groups is 1. The Bertz CT molecular complexity index is 1160. The van der Waals surface area contributed by atoms with Crippen LogP contribution < -0.4 is 10.2 Å². The lowest BCUT2D eigenvalue weighted by molar-refractivity contribution is 0.0388. The number of rotatable bonds is 7. The van der Waals surface area contributed by atoms with Crippen molar-refractivity contribution in [3.05, 3.63) is 46.8 Å². The lowest BCUT2D eigenvalue weighted by Crippen LogP contribution is -2.48. The quantitative estimate of drug-likeness (QED) is 0.540. The smallest absolute Gasteiger partial charge is 0.207 e. The first-order valence-electron chi connectivity index (χ1n) is 12.9. The maximum Gasteiger partial charge on any atom is 0.207 e. The van der Waals surface area contributed by atoms with Gasteiger partial charge in [0.2, 0.25) is 5.95 Å². The van der Waals surface area contributed by atoms with Crippen LogP contribution in [0.1, 0.15) is 35.4 Å². The first-order valence-corrected chi connectivity index (χ1v) is 12.9. The van der Waals surface area contributed by atoms with Crippen molar-refractivity contribution in [3.63, 3.8) is 0 Å². The maximum absolute atomic E-state index is 10.6. The number of aryl methyl sites for hydroxylation is 3. The van der Waals surface area contributed by atoms with E-state index in [4.69, 9.17) is 9.72 Å². The van der Waals surface area contributed by atoms with E-state index in [1.165, 1.54) is 11.1 Å². The Hall–Kier alpha value is -2.68. The molecule has 0 saturated carbocycles. The Morgan fingerprint density at radius 3 is 2.63 bits per heavy atom. The van der Waals surface area contributed by atoms with Gasteiger partial charge in [0.15, 0.2) is 0 Å². The van der Waals surface area contributed by atoms with Gasteiger partial charge in [0.1, 0.15) is 11.4 Å². The Morgan fingerprint density at radius 1 is 1.09 bits per heavy atom. The molecule has 2 fully saturated rings. The highest BCUT2D eigenvalue weighted by molar-refractivity contribution is 5.83. The van der Waals surface area contributed by atoms with Crippen molar-refractivity contribution in [3.8, 4) is 5.75 Å². The molecule has 0 aliphatic carbocycles. The second kappa shape index (κ2) is 10.5. The molecule has 4 heterocycles. The molecule has 8 nitrogen and oxygen atoms in total. The van der Waals surface area contributed by atoms with Gasteiger partial charge in [0.05, 0.1) is 30.8 Å². The van der Waals surface area contributed by atoms with Crippen LogP contribution >= 0.6 is 0 Å². The minimum absolute atomic E-state index is 0.231. The van der Waals surface area contributed by atoms with Crippen molar-refractivity contribution in [1.29, 1.82) is 0 Å². The van der Waals surface area contributed by atoms with E-state index >= 15 is 0 Å². The second-order valence-electron chi connectivity index (χ2n) is 9.99. The number of pyridine rings is 1. The molecule has 0 spiro atoms. The predicted octanol–water partition coefficient (Wildman–Crippen LogP) is 3.00. The number of hydrogen-bond donors (Lipinski definition) is 2. The topological polar surface area (TPSA) is 78.7 Å². The van der Waals surface area contributed by atoms with E-state index in [-0.39, 0.29) is 5.75 Å². The molecule has 2 saturated heterocycles. The van der Waals surface area contributed by atoms with Gasteiger partial charge in [0, 0.05) is 37.9 Å². The van der Waals surface area contributed by atoms with Crippen LogP contribution in [0.5, 0.6) is 5.75 Å². The minimum Gasteiger partial charge on any atom is -0.506 e. The van der Waals surface area contributed by atoms with Crippen LogP contribution in [0.2, 0.25) is 0 Å². The number of hydrogen-bond acceptors (Lipinski definition) is 7. The summed E-state index contributed by atoms with van der Waals surface area (Å²) in [6.07, 6.45) is 2.19. The van der Waals surface area contributed by atoms with Crippen LogP contribution in [-0.4, -0.2) is 83.1 Å². The van der Waals surface area contributed by atoms with E-state index in [2.05, 4.69) is 50.6 Å². The molecule has 188 valence electrons. The molecule has 0 amide bonds. The molecule has 2 aromatic heterocycles. The molecule has 0 bridgehead atoms. The number of morpholine rings is 1. The lowest BCUT2D eigenvalue weighted by atomic mass is 10.1. The molecule has 35 heavy (non-hydrogen) atoms. The average Bonchev–Trinajstić information content (AvgIpc) is 3.21. The first kappa shape index (κ1) is 24.0. The SMILES string of the molecule is Cc1cc(C)c2c(c1)nc(N(CCN1CCOCC1)C1CCNCC1)n2Cc1nc(C)ccc1O. The number of fused-ring (bicyclic) bond motifs is 1. The normalized spacial score (nSPS) is 17.8. The standard InChI is InChI=1S/C27H38N6O2/c1-19-16-20(2)26-23(17-19)30-27(33(26)18-24-25(34)5-4-21(3)29-24)32(22-6-8-28-9-7-22)11-10-31-12-14-35-15-13-31/h4-5,16-17,22,28,34H,6-15,18H2,1-3H3. The van der Waals surface area contributed by atoms with Crippen LogP contribution in [0.4, 0.5) is 5.95 Å². The van der Waals surface area contributed by atoms with Crippen molar-refractivity contribution in [1.82, 2.24) is 24.8 Å². The number of imidazole rings is 1. The highest BCUT2D eigenvalue weighted by Gasteiger charge is 2.28. The molecule has 0 atom stereocenters. The van der Waals surface area contributed by atoms with E-state index in [9.17, 15) is 5.11 Å². The number of piperidine rings is 1. The number of nitrogens with zero attached hydrogens (tertiary/aromatic N) is 5. The summed E-state index contributed by atoms with van der Waals surface area (Å²) >= 11 is 0. The zero-order valence-corrected chi connectivity index (χ0v) is 21.3. The molecular formula is C27H38N6O2. The molecule has 1 aromatic carbocycles. The molecule has 0 unspecified atom stereocenters. The van der Waals surface area contributed by atoms with E-state index in [1.807, 2.05) is 13.0 Å². The Balaban J connectivity index is 1.58. The monoisotopic (exact) mass is 478 g/mol. The second-order valence-corrected chi connectivity index (χ2v) is 9.99. The summed E-state index contributed by atoms with van der Waals surface area (Å²) in [5.74, 6) is 1.21. The number of ether oxygens (including phenoxy) is 1. The van der Waals surface area contributed by atoms with Crippen LogP contribution in [0.3, 0.4) is 0 Å². The molecule has 2 aliphatic rings. The molecule has 2 aliphatic heterocycles. The van der Waals surface area contributed by atoms with Crippen molar-refractivity contribution >= 4 is 17.0 Å². The molecule has 3 aromatic rings. The van der Waals surface area contributed by atoms with Crippen LogP contribution in [0.15, 0.2) is 24.3 Å². The van der Waals surface area contributed by atoms with E-state index in [0.717, 1.165) is 88.0 Å². The molecule has 5 rings (SSSR count). The van der Waals surface area contributed by atoms with Gasteiger partial charge >= 0.3 is 0 Å². The molecular weight excluding hydrogens is 440 g/mol. The largest absolute Gasteiger partial charge is 0.506 e. The van der Waals surface area contributed by atoms with E-state index in [1.54, 1.807) is 6.07 Å². The first-order chi connectivity index (χ1) is 17.0. The lowest BCUT2D eigenvalue weighted by Gasteiger charge is -2.37. The van der Waals surface area contributed by atoms with Crippen molar-refractivity contribution in [2.75, 3.05) is 57.4 Å². The summed E-state index contributed by atoms with van der Waals surface area (Å²) in [5.41, 5.74) is 6.13. The van der Waals surface area contributed by atoms with Crippen molar-refractivity contribution in [2.24, 2.45) is 0 Å². The predicted molar refractivity (Wildman–Crippen MR) is 139 cm³/mol. The molecule has 2 N–H and O–H groups in total.